The summed E-state index contributed by atoms with van der Waals surface area (Å²) >= 11 is 0. The maximum atomic E-state index is 13.1. The number of para-hydroxylation sites is 1. The summed E-state index contributed by atoms with van der Waals surface area (Å²) in [4.78, 5) is 24.6. The summed E-state index contributed by atoms with van der Waals surface area (Å²) in [5.41, 5.74) is 5.01. The van der Waals surface area contributed by atoms with E-state index in [1.165, 1.54) is 0 Å². The number of benzene rings is 3. The lowest BCUT2D eigenvalue weighted by Crippen LogP contribution is -2.18. The van der Waals surface area contributed by atoms with Crippen molar-refractivity contribution in [2.45, 2.75) is 6.54 Å². The molecule has 0 spiro atoms. The van der Waals surface area contributed by atoms with Gasteiger partial charge in [-0.15, -0.1) is 0 Å². The van der Waals surface area contributed by atoms with E-state index < -0.39 is 5.91 Å². The van der Waals surface area contributed by atoms with Gasteiger partial charge < -0.3 is 19.4 Å². The standard InChI is InChI=1S/C24H19N3O5/c28-23(26-30)16-7-5-15(6-8-16)12-27-13-19(18-3-1-2-4-20(18)27)24(29)25-17-9-10-21-22(11-17)32-14-31-21/h1-11,13,30H,12,14H2,(H,25,29)(H,26,28). The van der Waals surface area contributed by atoms with Gasteiger partial charge in [0.15, 0.2) is 11.5 Å². The average Bonchev–Trinajstić information content (AvgIpc) is 3.44. The van der Waals surface area contributed by atoms with E-state index in [2.05, 4.69) is 5.32 Å². The highest BCUT2D eigenvalue weighted by Crippen LogP contribution is 2.34. The zero-order chi connectivity index (χ0) is 22.1. The molecule has 1 aliphatic rings. The summed E-state index contributed by atoms with van der Waals surface area (Å²) in [6.45, 7) is 0.685. The molecule has 2 heterocycles. The number of fused-ring (bicyclic) bond motifs is 2. The number of ether oxygens (including phenoxy) is 2. The number of amides is 2. The molecule has 0 unspecified atom stereocenters. The molecule has 160 valence electrons. The Bertz CT molecular complexity index is 1330. The van der Waals surface area contributed by atoms with Gasteiger partial charge in [0.2, 0.25) is 6.79 Å². The molecule has 8 heteroatoms. The van der Waals surface area contributed by atoms with Crippen molar-refractivity contribution >= 4 is 28.4 Å². The van der Waals surface area contributed by atoms with Crippen LogP contribution in [0.5, 0.6) is 11.5 Å². The van der Waals surface area contributed by atoms with Crippen LogP contribution < -0.4 is 20.3 Å². The average molecular weight is 429 g/mol. The van der Waals surface area contributed by atoms with E-state index >= 15 is 0 Å². The maximum absolute atomic E-state index is 13.1. The van der Waals surface area contributed by atoms with Crippen molar-refractivity contribution in [3.8, 4) is 11.5 Å². The molecule has 2 amide bonds. The lowest BCUT2D eigenvalue weighted by molar-refractivity contribution is 0.0706. The number of carbonyl (C=O) groups is 2. The van der Waals surface area contributed by atoms with Gasteiger partial charge in [0.1, 0.15) is 0 Å². The van der Waals surface area contributed by atoms with Gasteiger partial charge >= 0.3 is 0 Å². The first-order valence-corrected chi connectivity index (χ1v) is 9.94. The molecule has 1 aliphatic heterocycles. The lowest BCUT2D eigenvalue weighted by atomic mass is 10.1. The summed E-state index contributed by atoms with van der Waals surface area (Å²) in [6.07, 6.45) is 1.82. The van der Waals surface area contributed by atoms with Gasteiger partial charge in [-0.25, -0.2) is 5.48 Å². The summed E-state index contributed by atoms with van der Waals surface area (Å²) in [6, 6.07) is 19.9. The van der Waals surface area contributed by atoms with Crippen LogP contribution in [-0.4, -0.2) is 28.4 Å². The fraction of sp³-hybridized carbons (Fsp3) is 0.0833. The third-order valence-electron chi connectivity index (χ3n) is 5.33. The molecule has 1 aromatic heterocycles. The molecule has 0 saturated heterocycles. The number of rotatable bonds is 5. The smallest absolute Gasteiger partial charge is 0.274 e. The Kier molecular flexibility index (Phi) is 4.97. The van der Waals surface area contributed by atoms with Crippen LogP contribution in [0.15, 0.2) is 72.9 Å². The molecule has 3 N–H and O–H groups in total. The van der Waals surface area contributed by atoms with Gasteiger partial charge in [-0.2, -0.15) is 0 Å². The van der Waals surface area contributed by atoms with Gasteiger partial charge in [0.05, 0.1) is 5.56 Å². The largest absolute Gasteiger partial charge is 0.454 e. The second kappa shape index (κ2) is 8.09. The molecule has 4 aromatic rings. The number of hydrogen-bond acceptors (Lipinski definition) is 5. The van der Waals surface area contributed by atoms with E-state index in [0.29, 0.717) is 34.9 Å². The van der Waals surface area contributed by atoms with Crippen LogP contribution in [0.3, 0.4) is 0 Å². The molecule has 8 nitrogen and oxygen atoms in total. The number of nitrogens with one attached hydrogen (secondary N) is 2. The summed E-state index contributed by atoms with van der Waals surface area (Å²) in [5, 5.41) is 12.5. The van der Waals surface area contributed by atoms with Crippen molar-refractivity contribution in [1.29, 1.82) is 0 Å². The van der Waals surface area contributed by atoms with Gasteiger partial charge in [-0.3, -0.25) is 14.8 Å². The van der Waals surface area contributed by atoms with Crippen LogP contribution in [0.2, 0.25) is 0 Å². The normalized spacial score (nSPS) is 12.0. The fourth-order valence-corrected chi connectivity index (χ4v) is 3.75. The number of nitrogens with zero attached hydrogens (tertiary/aromatic N) is 1. The second-order valence-electron chi connectivity index (χ2n) is 7.35. The molecule has 32 heavy (non-hydrogen) atoms. The van der Waals surface area contributed by atoms with Crippen LogP contribution in [0.4, 0.5) is 5.69 Å². The Balaban J connectivity index is 1.42. The Morgan fingerprint density at radius 3 is 2.53 bits per heavy atom. The number of carbonyl (C=O) groups excluding carboxylic acids is 2. The van der Waals surface area contributed by atoms with Crippen LogP contribution in [0.25, 0.3) is 10.9 Å². The van der Waals surface area contributed by atoms with Crippen LogP contribution in [0, 0.1) is 0 Å². The van der Waals surface area contributed by atoms with Gasteiger partial charge in [0.25, 0.3) is 11.8 Å². The van der Waals surface area contributed by atoms with Gasteiger partial charge in [-0.05, 0) is 35.9 Å². The van der Waals surface area contributed by atoms with Crippen molar-refractivity contribution in [3.63, 3.8) is 0 Å². The number of hydroxylamine groups is 1. The first-order valence-electron chi connectivity index (χ1n) is 9.94. The van der Waals surface area contributed by atoms with Crippen LogP contribution in [-0.2, 0) is 6.54 Å². The first kappa shape index (κ1) is 19.7. The Morgan fingerprint density at radius 2 is 1.72 bits per heavy atom. The summed E-state index contributed by atoms with van der Waals surface area (Å²) in [5.74, 6) is 0.463. The van der Waals surface area contributed by atoms with Crippen LogP contribution in [0.1, 0.15) is 26.3 Å². The minimum Gasteiger partial charge on any atom is -0.454 e. The molecule has 0 aliphatic carbocycles. The highest BCUT2D eigenvalue weighted by atomic mass is 16.7. The molecular formula is C24H19N3O5. The molecule has 0 atom stereocenters. The lowest BCUT2D eigenvalue weighted by Gasteiger charge is -2.07. The topological polar surface area (TPSA) is 102 Å². The molecule has 0 radical (unpaired) electrons. The molecule has 0 bridgehead atoms. The molecule has 0 saturated carbocycles. The third-order valence-corrected chi connectivity index (χ3v) is 5.33. The van der Waals surface area contributed by atoms with Crippen molar-refractivity contribution in [2.75, 3.05) is 12.1 Å². The number of hydrogen-bond donors (Lipinski definition) is 3. The minimum atomic E-state index is -0.564. The maximum Gasteiger partial charge on any atom is 0.274 e. The highest BCUT2D eigenvalue weighted by molar-refractivity contribution is 6.13. The van der Waals surface area contributed by atoms with E-state index in [4.69, 9.17) is 14.7 Å². The van der Waals surface area contributed by atoms with Crippen molar-refractivity contribution in [1.82, 2.24) is 10.0 Å². The summed E-state index contributed by atoms with van der Waals surface area (Å²) in [7, 11) is 0. The van der Waals surface area contributed by atoms with Crippen molar-refractivity contribution < 1.29 is 24.3 Å². The van der Waals surface area contributed by atoms with Crippen molar-refractivity contribution in [2.24, 2.45) is 0 Å². The Labute approximate surface area is 182 Å². The predicted molar refractivity (Wildman–Crippen MR) is 117 cm³/mol. The van der Waals surface area contributed by atoms with Gasteiger partial charge in [0, 0.05) is 41.0 Å². The molecule has 3 aromatic carbocycles. The zero-order valence-electron chi connectivity index (χ0n) is 16.9. The molecule has 0 fully saturated rings. The fourth-order valence-electron chi connectivity index (χ4n) is 3.75. The molecule has 5 rings (SSSR count). The van der Waals surface area contributed by atoms with Crippen LogP contribution >= 0.6 is 0 Å². The SMILES string of the molecule is O=C(NO)c1ccc(Cn2cc(C(=O)Nc3ccc4c(c3)OCO4)c3ccccc32)cc1. The van der Waals surface area contributed by atoms with E-state index in [0.717, 1.165) is 16.5 Å². The van der Waals surface area contributed by atoms with E-state index in [1.807, 2.05) is 47.2 Å². The van der Waals surface area contributed by atoms with E-state index in [-0.39, 0.29) is 12.7 Å². The number of anilines is 1. The highest BCUT2D eigenvalue weighted by Gasteiger charge is 2.18. The number of aromatic nitrogens is 1. The first-order chi connectivity index (χ1) is 15.6. The monoisotopic (exact) mass is 429 g/mol. The van der Waals surface area contributed by atoms with E-state index in [9.17, 15) is 9.59 Å². The van der Waals surface area contributed by atoms with E-state index in [1.54, 1.807) is 35.8 Å². The van der Waals surface area contributed by atoms with Crippen molar-refractivity contribution in [3.05, 3.63) is 89.6 Å². The quantitative estimate of drug-likeness (QED) is 0.331. The Morgan fingerprint density at radius 1 is 0.938 bits per heavy atom. The van der Waals surface area contributed by atoms with Gasteiger partial charge in [-0.1, -0.05) is 30.3 Å². The molecular weight excluding hydrogens is 410 g/mol. The third kappa shape index (κ3) is 3.63. The predicted octanol–water partition coefficient (Wildman–Crippen LogP) is 3.79. The second-order valence-corrected chi connectivity index (χ2v) is 7.35. The minimum absolute atomic E-state index is 0.172. The summed E-state index contributed by atoms with van der Waals surface area (Å²) < 4.78 is 12.7. The Hall–Kier alpha value is -4.30. The zero-order valence-corrected chi connectivity index (χ0v) is 16.9.